The van der Waals surface area contributed by atoms with Crippen LogP contribution in [0.1, 0.15) is 78.6 Å². The van der Waals surface area contributed by atoms with Crippen molar-refractivity contribution in [1.82, 2.24) is 10.2 Å². The Bertz CT molecular complexity index is 270. The predicted octanol–water partition coefficient (Wildman–Crippen LogP) is 3.95. The fraction of sp³-hybridized carbons (Fsp3) is 1.00. The molecule has 0 aromatic rings. The summed E-state index contributed by atoms with van der Waals surface area (Å²) in [6.45, 7) is 10.9. The molecule has 1 saturated carbocycles. The van der Waals surface area contributed by atoms with Crippen molar-refractivity contribution in [1.29, 1.82) is 0 Å². The topological polar surface area (TPSA) is 15.3 Å². The van der Waals surface area contributed by atoms with E-state index < -0.39 is 0 Å². The summed E-state index contributed by atoms with van der Waals surface area (Å²) >= 11 is 0. The highest BCUT2D eigenvalue weighted by molar-refractivity contribution is 5.04. The molecule has 0 bridgehead atoms. The van der Waals surface area contributed by atoms with Gasteiger partial charge in [-0.15, -0.1) is 0 Å². The molecule has 2 heteroatoms. The average Bonchev–Trinajstić information content (AvgIpc) is 2.45. The second-order valence-electron chi connectivity index (χ2n) is 7.18. The average molecular weight is 266 g/mol. The molecule has 1 aliphatic carbocycles. The number of rotatable bonds is 5. The molecule has 1 N–H and O–H groups in total. The largest absolute Gasteiger partial charge is 0.308 e. The van der Waals surface area contributed by atoms with Crippen LogP contribution in [0.5, 0.6) is 0 Å². The summed E-state index contributed by atoms with van der Waals surface area (Å²) in [5, 5.41) is 3.88. The van der Waals surface area contributed by atoms with Gasteiger partial charge in [-0.3, -0.25) is 4.90 Å². The maximum atomic E-state index is 3.88. The molecule has 19 heavy (non-hydrogen) atoms. The molecule has 1 saturated heterocycles. The van der Waals surface area contributed by atoms with Crippen LogP contribution in [-0.2, 0) is 0 Å². The number of nitrogens with zero attached hydrogens (tertiary/aromatic N) is 1. The van der Waals surface area contributed by atoms with E-state index in [2.05, 4.69) is 31.0 Å². The number of unbranched alkanes of at least 4 members (excludes halogenated alkanes) is 2. The van der Waals surface area contributed by atoms with Crippen molar-refractivity contribution in [3.05, 3.63) is 0 Å². The summed E-state index contributed by atoms with van der Waals surface area (Å²) in [6.07, 6.45) is 12.5. The van der Waals surface area contributed by atoms with Gasteiger partial charge >= 0.3 is 0 Å². The lowest BCUT2D eigenvalue weighted by atomic mass is 9.76. The van der Waals surface area contributed by atoms with Gasteiger partial charge in [0.25, 0.3) is 0 Å². The fourth-order valence-corrected chi connectivity index (χ4v) is 3.94. The molecule has 0 radical (unpaired) electrons. The van der Waals surface area contributed by atoms with Crippen molar-refractivity contribution in [2.45, 2.75) is 89.6 Å². The van der Waals surface area contributed by atoms with Crippen molar-refractivity contribution in [3.8, 4) is 0 Å². The molecule has 1 spiro atoms. The Balaban J connectivity index is 2.03. The van der Waals surface area contributed by atoms with Gasteiger partial charge < -0.3 is 5.32 Å². The summed E-state index contributed by atoms with van der Waals surface area (Å²) in [4.78, 5) is 2.88. The van der Waals surface area contributed by atoms with Gasteiger partial charge in [-0.05, 0) is 39.2 Å². The Kier molecular flexibility index (Phi) is 5.30. The molecular weight excluding hydrogens is 232 g/mol. The van der Waals surface area contributed by atoms with Crippen LogP contribution in [0.15, 0.2) is 0 Å². The van der Waals surface area contributed by atoms with Gasteiger partial charge in [-0.25, -0.2) is 0 Å². The zero-order valence-corrected chi connectivity index (χ0v) is 13.4. The normalized spacial score (nSPS) is 31.7. The second kappa shape index (κ2) is 6.58. The lowest BCUT2D eigenvalue weighted by Gasteiger charge is -2.55. The first-order valence-corrected chi connectivity index (χ1v) is 8.64. The first kappa shape index (κ1) is 15.3. The highest BCUT2D eigenvalue weighted by Crippen LogP contribution is 2.37. The number of hydrogen-bond donors (Lipinski definition) is 1. The molecule has 112 valence electrons. The zero-order valence-electron chi connectivity index (χ0n) is 13.4. The Morgan fingerprint density at radius 3 is 2.42 bits per heavy atom. The van der Waals surface area contributed by atoms with Gasteiger partial charge in [0.15, 0.2) is 0 Å². The molecule has 2 nitrogen and oxygen atoms in total. The number of nitrogens with one attached hydrogen (secondary N) is 1. The summed E-state index contributed by atoms with van der Waals surface area (Å²) < 4.78 is 0. The standard InChI is InChI=1S/C17H34N2/c1-4-6-10-13-19-15-16(3,5-2)18-14-17(19)11-8-7-9-12-17/h18H,4-15H2,1-3H3. The van der Waals surface area contributed by atoms with Crippen LogP contribution in [-0.4, -0.2) is 35.6 Å². The monoisotopic (exact) mass is 266 g/mol. The lowest BCUT2D eigenvalue weighted by molar-refractivity contribution is -0.0164. The minimum absolute atomic E-state index is 0.342. The van der Waals surface area contributed by atoms with Gasteiger partial charge in [0.1, 0.15) is 0 Å². The van der Waals surface area contributed by atoms with Gasteiger partial charge in [0.2, 0.25) is 0 Å². The van der Waals surface area contributed by atoms with Crippen LogP contribution in [0.3, 0.4) is 0 Å². The summed E-state index contributed by atoms with van der Waals surface area (Å²) in [5.74, 6) is 0. The quantitative estimate of drug-likeness (QED) is 0.758. The van der Waals surface area contributed by atoms with E-state index in [1.807, 2.05) is 0 Å². The Morgan fingerprint density at radius 2 is 1.79 bits per heavy atom. The van der Waals surface area contributed by atoms with Gasteiger partial charge in [0, 0.05) is 24.2 Å². The van der Waals surface area contributed by atoms with Crippen molar-refractivity contribution in [2.24, 2.45) is 0 Å². The summed E-state index contributed by atoms with van der Waals surface area (Å²) in [6, 6.07) is 0. The first-order chi connectivity index (χ1) is 9.14. The van der Waals surface area contributed by atoms with E-state index in [4.69, 9.17) is 0 Å². The predicted molar refractivity (Wildman–Crippen MR) is 83.6 cm³/mol. The molecule has 2 rings (SSSR count). The number of hydrogen-bond acceptors (Lipinski definition) is 2. The van der Waals surface area contributed by atoms with E-state index >= 15 is 0 Å². The maximum Gasteiger partial charge on any atom is 0.0334 e. The second-order valence-corrected chi connectivity index (χ2v) is 7.18. The van der Waals surface area contributed by atoms with Gasteiger partial charge in [-0.1, -0.05) is 46.0 Å². The van der Waals surface area contributed by atoms with Crippen LogP contribution >= 0.6 is 0 Å². The smallest absolute Gasteiger partial charge is 0.0334 e. The molecule has 0 amide bonds. The molecule has 1 atom stereocenters. The van der Waals surface area contributed by atoms with Gasteiger partial charge in [-0.2, -0.15) is 0 Å². The highest BCUT2D eigenvalue weighted by atomic mass is 15.3. The summed E-state index contributed by atoms with van der Waals surface area (Å²) in [7, 11) is 0. The lowest BCUT2D eigenvalue weighted by Crippen LogP contribution is -2.69. The molecule has 1 aliphatic heterocycles. The van der Waals surface area contributed by atoms with E-state index in [9.17, 15) is 0 Å². The van der Waals surface area contributed by atoms with Crippen molar-refractivity contribution in [3.63, 3.8) is 0 Å². The van der Waals surface area contributed by atoms with E-state index in [1.165, 1.54) is 77.4 Å². The van der Waals surface area contributed by atoms with Gasteiger partial charge in [0.05, 0.1) is 0 Å². The van der Waals surface area contributed by atoms with Crippen LogP contribution in [0.25, 0.3) is 0 Å². The van der Waals surface area contributed by atoms with Crippen molar-refractivity contribution in [2.75, 3.05) is 19.6 Å². The Hall–Kier alpha value is -0.0800. The molecule has 1 heterocycles. The van der Waals surface area contributed by atoms with E-state index in [0.717, 1.165) is 0 Å². The van der Waals surface area contributed by atoms with E-state index in [0.29, 0.717) is 11.1 Å². The number of piperazine rings is 1. The Labute approximate surface area is 120 Å². The van der Waals surface area contributed by atoms with Crippen LogP contribution in [0.2, 0.25) is 0 Å². The molecule has 2 fully saturated rings. The maximum absolute atomic E-state index is 3.88. The molecular formula is C17H34N2. The highest BCUT2D eigenvalue weighted by Gasteiger charge is 2.44. The zero-order chi connectivity index (χ0) is 13.8. The van der Waals surface area contributed by atoms with Crippen LogP contribution in [0.4, 0.5) is 0 Å². The fourth-order valence-electron chi connectivity index (χ4n) is 3.94. The van der Waals surface area contributed by atoms with Crippen molar-refractivity contribution < 1.29 is 0 Å². The van der Waals surface area contributed by atoms with E-state index in [1.54, 1.807) is 0 Å². The molecule has 0 aromatic heterocycles. The van der Waals surface area contributed by atoms with Crippen LogP contribution < -0.4 is 5.32 Å². The third-order valence-corrected chi connectivity index (χ3v) is 5.65. The van der Waals surface area contributed by atoms with Crippen molar-refractivity contribution >= 4 is 0 Å². The van der Waals surface area contributed by atoms with Crippen LogP contribution in [0, 0.1) is 0 Å². The third-order valence-electron chi connectivity index (χ3n) is 5.65. The minimum Gasteiger partial charge on any atom is -0.308 e. The summed E-state index contributed by atoms with van der Waals surface area (Å²) in [5.41, 5.74) is 0.843. The third kappa shape index (κ3) is 3.52. The molecule has 0 aromatic carbocycles. The molecule has 1 unspecified atom stereocenters. The SMILES string of the molecule is CCCCCN1CC(C)(CC)NCC12CCCCC2. The Morgan fingerprint density at radius 1 is 1.05 bits per heavy atom. The minimum atomic E-state index is 0.342. The van der Waals surface area contributed by atoms with E-state index in [-0.39, 0.29) is 0 Å². The first-order valence-electron chi connectivity index (χ1n) is 8.64. The molecule has 2 aliphatic rings.